The third-order valence-corrected chi connectivity index (χ3v) is 6.75. The van der Waals surface area contributed by atoms with Gasteiger partial charge in [-0.05, 0) is 30.0 Å². The molecule has 3 atom stereocenters. The number of aliphatic hydroxyl groups excluding tert-OH is 1. The van der Waals surface area contributed by atoms with Gasteiger partial charge in [0.15, 0.2) is 0 Å². The lowest BCUT2D eigenvalue weighted by molar-refractivity contribution is -0.126. The molecule has 2 aromatic carbocycles. The Hall–Kier alpha value is -2.17. The lowest BCUT2D eigenvalue weighted by atomic mass is 9.71. The van der Waals surface area contributed by atoms with E-state index in [4.69, 9.17) is 0 Å². The molecule has 140 valence electrons. The van der Waals surface area contributed by atoms with Gasteiger partial charge in [-0.1, -0.05) is 55.0 Å². The molecule has 0 bridgehead atoms. The van der Waals surface area contributed by atoms with Crippen LogP contribution in [0.15, 0.2) is 54.6 Å². The van der Waals surface area contributed by atoms with Crippen LogP contribution in [-0.4, -0.2) is 41.1 Å². The molecule has 1 aliphatic carbocycles. The van der Waals surface area contributed by atoms with Crippen molar-refractivity contribution < 1.29 is 9.90 Å². The van der Waals surface area contributed by atoms with Gasteiger partial charge in [-0.2, -0.15) is 0 Å². The number of rotatable bonds is 4. The zero-order valence-corrected chi connectivity index (χ0v) is 15.5. The average molecular weight is 362 g/mol. The summed E-state index contributed by atoms with van der Waals surface area (Å²) in [5, 5.41) is 10.1. The van der Waals surface area contributed by atoms with Crippen LogP contribution in [0.1, 0.15) is 36.3 Å². The molecule has 1 saturated heterocycles. The van der Waals surface area contributed by atoms with E-state index in [1.54, 1.807) is 0 Å². The van der Waals surface area contributed by atoms with E-state index in [1.807, 2.05) is 17.0 Å². The predicted octanol–water partition coefficient (Wildman–Crippen LogP) is 3.16. The number of hydrogen-bond acceptors (Lipinski definition) is 3. The molecule has 3 aliphatic rings. The molecule has 27 heavy (non-hydrogen) atoms. The highest BCUT2D eigenvalue weighted by molar-refractivity contribution is 5.97. The monoisotopic (exact) mass is 362 g/mol. The fourth-order valence-electron chi connectivity index (χ4n) is 5.08. The quantitative estimate of drug-likeness (QED) is 0.909. The molecule has 1 amide bonds. The number of hydrogen-bond donors (Lipinski definition) is 1. The maximum absolute atomic E-state index is 13.1. The first-order valence-electron chi connectivity index (χ1n) is 10.1. The van der Waals surface area contributed by atoms with Crippen molar-refractivity contribution in [3.63, 3.8) is 0 Å². The van der Waals surface area contributed by atoms with Crippen molar-refractivity contribution in [1.82, 2.24) is 4.90 Å². The van der Waals surface area contributed by atoms with E-state index < -0.39 is 0 Å². The molecule has 0 radical (unpaired) electrons. The number of carbonyl (C=O) groups excluding carboxylic acids is 1. The van der Waals surface area contributed by atoms with Crippen molar-refractivity contribution in [2.45, 2.75) is 43.8 Å². The largest absolute Gasteiger partial charge is 0.395 e. The molecule has 4 nitrogen and oxygen atoms in total. The number of para-hydroxylation sites is 1. The van der Waals surface area contributed by atoms with Gasteiger partial charge in [0, 0.05) is 42.7 Å². The van der Waals surface area contributed by atoms with Crippen LogP contribution in [0.5, 0.6) is 0 Å². The van der Waals surface area contributed by atoms with Gasteiger partial charge in [-0.15, -0.1) is 0 Å². The summed E-state index contributed by atoms with van der Waals surface area (Å²) in [7, 11) is 0. The highest BCUT2D eigenvalue weighted by atomic mass is 16.3. The first kappa shape index (κ1) is 17.0. The van der Waals surface area contributed by atoms with Crippen LogP contribution in [0.3, 0.4) is 0 Å². The third-order valence-electron chi connectivity index (χ3n) is 6.75. The van der Waals surface area contributed by atoms with Crippen LogP contribution >= 0.6 is 0 Å². The minimum atomic E-state index is 0.123. The SMILES string of the molecule is O=C(C1CCC1)N1C[C@H]2[C@@H](c3ccccc31)[C@@H](CO)N2Cc1ccccc1. The zero-order chi connectivity index (χ0) is 18.4. The Balaban J connectivity index is 1.46. The summed E-state index contributed by atoms with van der Waals surface area (Å²) in [6, 6.07) is 19.1. The average Bonchev–Trinajstić information content (AvgIpc) is 2.65. The van der Waals surface area contributed by atoms with Gasteiger partial charge in [0.1, 0.15) is 0 Å². The van der Waals surface area contributed by atoms with Gasteiger partial charge < -0.3 is 10.0 Å². The summed E-state index contributed by atoms with van der Waals surface area (Å²) >= 11 is 0. The highest BCUT2D eigenvalue weighted by Gasteiger charge is 2.53. The summed E-state index contributed by atoms with van der Waals surface area (Å²) in [6.45, 7) is 1.71. The van der Waals surface area contributed by atoms with E-state index in [0.29, 0.717) is 11.8 Å². The minimum Gasteiger partial charge on any atom is -0.395 e. The van der Waals surface area contributed by atoms with Crippen molar-refractivity contribution in [3.05, 3.63) is 65.7 Å². The maximum atomic E-state index is 13.1. The van der Waals surface area contributed by atoms with Crippen LogP contribution in [0.2, 0.25) is 0 Å². The van der Waals surface area contributed by atoms with Crippen molar-refractivity contribution in [2.24, 2.45) is 5.92 Å². The smallest absolute Gasteiger partial charge is 0.230 e. The molecule has 4 heteroatoms. The van der Waals surface area contributed by atoms with Crippen LogP contribution in [0.4, 0.5) is 5.69 Å². The Bertz CT molecular complexity index is 833. The number of fused-ring (bicyclic) bond motifs is 3. The van der Waals surface area contributed by atoms with Gasteiger partial charge in [0.2, 0.25) is 5.91 Å². The summed E-state index contributed by atoms with van der Waals surface area (Å²) in [5.41, 5.74) is 3.54. The van der Waals surface area contributed by atoms with E-state index in [2.05, 4.69) is 47.4 Å². The minimum absolute atomic E-state index is 0.123. The molecule has 2 aliphatic heterocycles. The van der Waals surface area contributed by atoms with Gasteiger partial charge >= 0.3 is 0 Å². The summed E-state index contributed by atoms with van der Waals surface area (Å²) in [4.78, 5) is 17.5. The Morgan fingerprint density at radius 2 is 1.78 bits per heavy atom. The Labute approximate surface area is 160 Å². The Kier molecular flexibility index (Phi) is 4.25. The van der Waals surface area contributed by atoms with Crippen molar-refractivity contribution in [2.75, 3.05) is 18.1 Å². The number of likely N-dealkylation sites (tertiary alicyclic amines) is 1. The van der Waals surface area contributed by atoms with Gasteiger partial charge in [0.05, 0.1) is 6.61 Å². The Morgan fingerprint density at radius 3 is 2.48 bits per heavy atom. The van der Waals surface area contributed by atoms with Crippen LogP contribution in [0.25, 0.3) is 0 Å². The zero-order valence-electron chi connectivity index (χ0n) is 15.5. The number of benzene rings is 2. The second-order valence-electron chi connectivity index (χ2n) is 8.14. The standard InChI is InChI=1S/C23H26N2O2/c26-15-21-22-18-11-4-5-12-19(18)25(23(27)17-9-6-10-17)14-20(22)24(21)13-16-7-2-1-3-8-16/h1-5,7-8,11-12,17,20-22,26H,6,9-10,13-15H2/t20-,21+,22+/m0/s1. The van der Waals surface area contributed by atoms with E-state index in [9.17, 15) is 9.90 Å². The molecule has 2 heterocycles. The highest BCUT2D eigenvalue weighted by Crippen LogP contribution is 2.49. The molecule has 2 fully saturated rings. The first-order chi connectivity index (χ1) is 13.3. The lowest BCUT2D eigenvalue weighted by Crippen LogP contribution is -2.69. The molecule has 0 spiro atoms. The third kappa shape index (κ3) is 2.70. The summed E-state index contributed by atoms with van der Waals surface area (Å²) in [6.07, 6.45) is 3.22. The number of nitrogens with zero attached hydrogens (tertiary/aromatic N) is 2. The molecule has 1 saturated carbocycles. The lowest BCUT2D eigenvalue weighted by Gasteiger charge is -2.59. The fourth-order valence-corrected chi connectivity index (χ4v) is 5.08. The molecular weight excluding hydrogens is 336 g/mol. The van der Waals surface area contributed by atoms with Crippen molar-refractivity contribution >= 4 is 11.6 Å². The number of carbonyl (C=O) groups is 1. The molecule has 1 N–H and O–H groups in total. The second-order valence-corrected chi connectivity index (χ2v) is 8.14. The van der Waals surface area contributed by atoms with E-state index in [1.165, 1.54) is 17.5 Å². The first-order valence-corrected chi connectivity index (χ1v) is 10.1. The van der Waals surface area contributed by atoms with Crippen LogP contribution in [0, 0.1) is 5.92 Å². The van der Waals surface area contributed by atoms with E-state index in [-0.39, 0.29) is 24.6 Å². The molecule has 2 aromatic rings. The van der Waals surface area contributed by atoms with Crippen LogP contribution in [-0.2, 0) is 11.3 Å². The fraction of sp³-hybridized carbons (Fsp3) is 0.435. The molecule has 0 unspecified atom stereocenters. The normalized spacial score (nSPS) is 27.3. The predicted molar refractivity (Wildman–Crippen MR) is 106 cm³/mol. The molecular formula is C23H26N2O2. The van der Waals surface area contributed by atoms with Crippen LogP contribution < -0.4 is 4.90 Å². The number of anilines is 1. The summed E-state index contributed by atoms with van der Waals surface area (Å²) in [5.74, 6) is 0.797. The second kappa shape index (κ2) is 6.77. The van der Waals surface area contributed by atoms with Gasteiger partial charge in [-0.25, -0.2) is 0 Å². The van der Waals surface area contributed by atoms with Gasteiger partial charge in [-0.3, -0.25) is 9.69 Å². The van der Waals surface area contributed by atoms with E-state index >= 15 is 0 Å². The van der Waals surface area contributed by atoms with E-state index in [0.717, 1.165) is 31.6 Å². The van der Waals surface area contributed by atoms with Crippen molar-refractivity contribution in [3.8, 4) is 0 Å². The van der Waals surface area contributed by atoms with Gasteiger partial charge in [0.25, 0.3) is 0 Å². The Morgan fingerprint density at radius 1 is 1.04 bits per heavy atom. The number of aliphatic hydroxyl groups is 1. The molecule has 5 rings (SSSR count). The maximum Gasteiger partial charge on any atom is 0.230 e. The summed E-state index contributed by atoms with van der Waals surface area (Å²) < 4.78 is 0. The van der Waals surface area contributed by atoms with Crippen molar-refractivity contribution in [1.29, 1.82) is 0 Å². The number of amides is 1. The topological polar surface area (TPSA) is 43.8 Å². The molecule has 0 aromatic heterocycles.